The minimum atomic E-state index is -5.81. The Labute approximate surface area is 193 Å². The van der Waals surface area contributed by atoms with Gasteiger partial charge >= 0.3 is 24.2 Å². The van der Waals surface area contributed by atoms with E-state index in [9.17, 15) is 64.1 Å². The first-order valence-electron chi connectivity index (χ1n) is 8.77. The molecule has 8 nitrogen and oxygen atoms in total. The van der Waals surface area contributed by atoms with Gasteiger partial charge in [0.2, 0.25) is 0 Å². The zero-order chi connectivity index (χ0) is 28.3. The van der Waals surface area contributed by atoms with Crippen LogP contribution >= 0.6 is 0 Å². The monoisotopic (exact) mass is 542 g/mol. The van der Waals surface area contributed by atoms with Gasteiger partial charge in [0.1, 0.15) is 11.5 Å². The summed E-state index contributed by atoms with van der Waals surface area (Å²) in [7, 11) is 1.68. The van der Waals surface area contributed by atoms with Crippen LogP contribution in [-0.2, 0) is 11.8 Å². The van der Waals surface area contributed by atoms with Crippen LogP contribution in [0.4, 0.5) is 55.3 Å². The number of non-ortho nitro benzene ring substituents is 2. The third kappa shape index (κ3) is 6.22. The molecular weight excluding hydrogens is 530 g/mol. The number of hydrogen-bond acceptors (Lipinski definition) is 6. The van der Waals surface area contributed by atoms with Gasteiger partial charge in [-0.25, -0.2) is 0 Å². The topological polar surface area (TPSA) is 105 Å². The van der Waals surface area contributed by atoms with Crippen molar-refractivity contribution in [2.45, 2.75) is 24.2 Å². The Hall–Kier alpha value is -3.86. The van der Waals surface area contributed by atoms with E-state index in [0.29, 0.717) is 36.4 Å². The Bertz CT molecular complexity index is 1030. The van der Waals surface area contributed by atoms with Crippen LogP contribution in [0, 0.1) is 20.2 Å². The number of halogens is 10. The number of nitrogens with zero attached hydrogens (tertiary/aromatic N) is 2. The van der Waals surface area contributed by atoms with E-state index in [0.717, 1.165) is 14.2 Å². The van der Waals surface area contributed by atoms with Crippen LogP contribution in [0.25, 0.3) is 0 Å². The number of nitro benzene ring substituents is 2. The van der Waals surface area contributed by atoms with Crippen molar-refractivity contribution in [1.82, 2.24) is 0 Å². The summed E-state index contributed by atoms with van der Waals surface area (Å²) in [5.74, 6) is -12.1. The zero-order valence-electron chi connectivity index (χ0n) is 17.6. The van der Waals surface area contributed by atoms with E-state index in [1.807, 2.05) is 0 Å². The smallest absolute Gasteiger partial charge is 0.458 e. The molecule has 36 heavy (non-hydrogen) atoms. The second-order valence-electron chi connectivity index (χ2n) is 6.43. The van der Waals surface area contributed by atoms with Crippen molar-refractivity contribution >= 4 is 11.4 Å². The first-order chi connectivity index (χ1) is 16.2. The fraction of sp³-hybridized carbons (Fsp3) is 0.333. The van der Waals surface area contributed by atoms with E-state index in [1.165, 1.54) is 0 Å². The summed E-state index contributed by atoms with van der Waals surface area (Å²) in [5.41, 5.74) is -4.23. The Morgan fingerprint density at radius 1 is 0.611 bits per heavy atom. The van der Waals surface area contributed by atoms with Gasteiger partial charge < -0.3 is 9.47 Å². The molecule has 18 heteroatoms. The second kappa shape index (κ2) is 10.4. The minimum Gasteiger partial charge on any atom is -0.496 e. The van der Waals surface area contributed by atoms with Crippen molar-refractivity contribution in [2.24, 2.45) is 0 Å². The molecule has 0 radical (unpaired) electrons. The van der Waals surface area contributed by atoms with Crippen molar-refractivity contribution < 1.29 is 63.2 Å². The van der Waals surface area contributed by atoms with E-state index in [1.54, 1.807) is 0 Å². The van der Waals surface area contributed by atoms with Crippen molar-refractivity contribution in [3.05, 3.63) is 67.8 Å². The van der Waals surface area contributed by atoms with E-state index in [-0.39, 0.29) is 0 Å². The number of hydrogen-bond donors (Lipinski definition) is 0. The van der Waals surface area contributed by atoms with E-state index >= 15 is 0 Å². The lowest BCUT2D eigenvalue weighted by molar-refractivity contribution is -0.385. The maximum Gasteiger partial charge on any atom is 0.458 e. The number of methoxy groups -OCH3 is 2. The molecule has 200 valence electrons. The quantitative estimate of drug-likeness (QED) is 0.234. The molecule has 0 aliphatic rings. The zero-order valence-corrected chi connectivity index (χ0v) is 17.6. The molecule has 0 aliphatic heterocycles. The van der Waals surface area contributed by atoms with Gasteiger partial charge in [-0.15, -0.1) is 0 Å². The molecule has 0 fully saturated rings. The number of rotatable bonds is 6. The van der Waals surface area contributed by atoms with Crippen LogP contribution in [-0.4, -0.2) is 36.4 Å². The third-order valence-corrected chi connectivity index (χ3v) is 4.18. The van der Waals surface area contributed by atoms with Gasteiger partial charge in [-0.2, -0.15) is 43.9 Å². The molecule has 2 aromatic rings. The normalized spacial score (nSPS) is 12.3. The molecule has 2 aromatic carbocycles. The van der Waals surface area contributed by atoms with E-state index in [2.05, 4.69) is 9.47 Å². The molecule has 0 N–H and O–H groups in total. The average Bonchev–Trinajstić information content (AvgIpc) is 2.76. The maximum absolute atomic E-state index is 13.1. The van der Waals surface area contributed by atoms with Crippen LogP contribution in [0.2, 0.25) is 0 Å². The van der Waals surface area contributed by atoms with Gasteiger partial charge in [0.05, 0.1) is 47.3 Å². The van der Waals surface area contributed by atoms with Crippen molar-refractivity contribution in [3.63, 3.8) is 0 Å². The Kier molecular flexibility index (Phi) is 8.72. The predicted molar refractivity (Wildman–Crippen MR) is 99.2 cm³/mol. The highest BCUT2D eigenvalue weighted by Gasteiger charge is 2.61. The summed E-state index contributed by atoms with van der Waals surface area (Å²) in [6.45, 7) is 0. The fourth-order valence-electron chi connectivity index (χ4n) is 2.41. The lowest BCUT2D eigenvalue weighted by Crippen LogP contribution is -2.34. The molecular formula is C18H12F10N2O6. The average molecular weight is 542 g/mol. The van der Waals surface area contributed by atoms with Crippen LogP contribution < -0.4 is 9.47 Å². The minimum absolute atomic E-state index is 0.324. The predicted octanol–water partition coefficient (Wildman–Crippen LogP) is 6.52. The van der Waals surface area contributed by atoms with Crippen LogP contribution in [0.5, 0.6) is 11.5 Å². The first-order valence-corrected chi connectivity index (χ1v) is 8.77. The molecule has 2 rings (SSSR count). The summed E-state index contributed by atoms with van der Waals surface area (Å²) in [6, 6.07) is 2.77. The summed E-state index contributed by atoms with van der Waals surface area (Å²) < 4.78 is 134. The molecule has 0 aliphatic carbocycles. The van der Waals surface area contributed by atoms with Crippen LogP contribution in [0.3, 0.4) is 0 Å². The highest BCUT2D eigenvalue weighted by Crippen LogP contribution is 2.48. The number of ether oxygens (including phenoxy) is 2. The summed E-state index contributed by atoms with van der Waals surface area (Å²) >= 11 is 0. The van der Waals surface area contributed by atoms with Crippen molar-refractivity contribution in [2.75, 3.05) is 14.2 Å². The maximum atomic E-state index is 13.1. The molecule has 0 heterocycles. The van der Waals surface area contributed by atoms with Crippen molar-refractivity contribution in [3.8, 4) is 11.5 Å². The standard InChI is InChI=1S/2C9H6F5NO3/c2*1-18-7-4-5(15(16)17)2-3-6(7)8(10,11)9(12,13)14/h2*2-4H,1H3. The van der Waals surface area contributed by atoms with Crippen LogP contribution in [0.1, 0.15) is 11.1 Å². The molecule has 0 bridgehead atoms. The Balaban J connectivity index is 0.000000360. The summed E-state index contributed by atoms with van der Waals surface area (Å²) in [4.78, 5) is 18.9. The summed E-state index contributed by atoms with van der Waals surface area (Å²) in [6.07, 6.45) is -11.6. The van der Waals surface area contributed by atoms with E-state index < -0.39 is 68.0 Å². The van der Waals surface area contributed by atoms with Gasteiger partial charge in [-0.3, -0.25) is 20.2 Å². The van der Waals surface area contributed by atoms with Gasteiger partial charge in [0, 0.05) is 12.1 Å². The fourth-order valence-corrected chi connectivity index (χ4v) is 2.41. The molecule has 0 spiro atoms. The lowest BCUT2D eigenvalue weighted by Gasteiger charge is -2.21. The molecule has 0 aromatic heterocycles. The van der Waals surface area contributed by atoms with Crippen LogP contribution in [0.15, 0.2) is 36.4 Å². The molecule has 0 atom stereocenters. The van der Waals surface area contributed by atoms with Crippen molar-refractivity contribution in [1.29, 1.82) is 0 Å². The first kappa shape index (κ1) is 30.2. The molecule has 0 saturated carbocycles. The second-order valence-corrected chi connectivity index (χ2v) is 6.43. The van der Waals surface area contributed by atoms with Gasteiger partial charge in [0.15, 0.2) is 0 Å². The molecule has 0 unspecified atom stereocenters. The Morgan fingerprint density at radius 2 is 0.889 bits per heavy atom. The number of nitro groups is 2. The van der Waals surface area contributed by atoms with Gasteiger partial charge in [-0.1, -0.05) is 0 Å². The van der Waals surface area contributed by atoms with Gasteiger partial charge in [-0.05, 0) is 12.1 Å². The molecule has 0 amide bonds. The Morgan fingerprint density at radius 3 is 1.08 bits per heavy atom. The summed E-state index contributed by atoms with van der Waals surface area (Å²) in [5, 5.41) is 20.7. The molecule has 0 saturated heterocycles. The third-order valence-electron chi connectivity index (χ3n) is 4.18. The number of benzene rings is 2. The highest BCUT2D eigenvalue weighted by atomic mass is 19.4. The lowest BCUT2D eigenvalue weighted by atomic mass is 10.1. The highest BCUT2D eigenvalue weighted by molar-refractivity contribution is 5.47. The number of alkyl halides is 10. The van der Waals surface area contributed by atoms with E-state index in [4.69, 9.17) is 0 Å². The SMILES string of the molecule is COc1cc([N+](=O)[O-])ccc1C(F)(F)C(F)(F)F.COc1cc([N+](=O)[O-])ccc1C(F)(F)C(F)(F)F. The largest absolute Gasteiger partial charge is 0.496 e. The van der Waals surface area contributed by atoms with Gasteiger partial charge in [0.25, 0.3) is 11.4 Å².